The van der Waals surface area contributed by atoms with E-state index < -0.39 is 6.10 Å². The fourth-order valence-corrected chi connectivity index (χ4v) is 2.32. The lowest BCUT2D eigenvalue weighted by Crippen LogP contribution is -2.15. The van der Waals surface area contributed by atoms with E-state index in [1.807, 2.05) is 30.3 Å². The number of ether oxygens (including phenoxy) is 1. The van der Waals surface area contributed by atoms with Crippen LogP contribution in [0.1, 0.15) is 23.1 Å². The van der Waals surface area contributed by atoms with Crippen LogP contribution in [0.15, 0.2) is 48.5 Å². The van der Waals surface area contributed by atoms with Gasteiger partial charge < -0.3 is 4.74 Å². The monoisotopic (exact) mass is 265 g/mol. The van der Waals surface area contributed by atoms with Crippen LogP contribution in [0, 0.1) is 25.2 Å². The highest BCUT2D eigenvalue weighted by atomic mass is 16.5. The van der Waals surface area contributed by atoms with Gasteiger partial charge >= 0.3 is 0 Å². The number of benzene rings is 2. The molecule has 20 heavy (non-hydrogen) atoms. The summed E-state index contributed by atoms with van der Waals surface area (Å²) in [6.07, 6.45) is 1.15. The Labute approximate surface area is 120 Å². The lowest BCUT2D eigenvalue weighted by Gasteiger charge is -2.12. The van der Waals surface area contributed by atoms with Crippen LogP contribution in [-0.4, -0.2) is 6.10 Å². The van der Waals surface area contributed by atoms with Crippen molar-refractivity contribution in [2.75, 3.05) is 0 Å². The molecule has 0 fully saturated rings. The number of rotatable bonds is 5. The van der Waals surface area contributed by atoms with E-state index >= 15 is 0 Å². The van der Waals surface area contributed by atoms with Gasteiger partial charge in [0, 0.05) is 6.42 Å². The molecule has 0 radical (unpaired) electrons. The molecular weight excluding hydrogens is 246 g/mol. The maximum Gasteiger partial charge on any atom is 0.184 e. The van der Waals surface area contributed by atoms with Gasteiger partial charge in [0.05, 0.1) is 0 Å². The van der Waals surface area contributed by atoms with Gasteiger partial charge in [-0.1, -0.05) is 47.5 Å². The van der Waals surface area contributed by atoms with E-state index in [-0.39, 0.29) is 0 Å². The fraction of sp³-hybridized carbons (Fsp3) is 0.278. The third kappa shape index (κ3) is 4.13. The van der Waals surface area contributed by atoms with Crippen LogP contribution in [0.3, 0.4) is 0 Å². The average molecular weight is 265 g/mol. The minimum Gasteiger partial charge on any atom is -0.476 e. The molecule has 1 unspecified atom stereocenters. The smallest absolute Gasteiger partial charge is 0.184 e. The van der Waals surface area contributed by atoms with E-state index in [2.05, 4.69) is 38.1 Å². The van der Waals surface area contributed by atoms with E-state index in [1.54, 1.807) is 0 Å². The first kappa shape index (κ1) is 14.1. The second-order valence-electron chi connectivity index (χ2n) is 5.08. The topological polar surface area (TPSA) is 33.0 Å². The van der Waals surface area contributed by atoms with E-state index in [1.165, 1.54) is 16.7 Å². The van der Waals surface area contributed by atoms with E-state index in [4.69, 9.17) is 4.74 Å². The van der Waals surface area contributed by atoms with E-state index in [0.717, 1.165) is 12.2 Å². The molecule has 1 atom stereocenters. The van der Waals surface area contributed by atoms with E-state index in [0.29, 0.717) is 6.42 Å². The Morgan fingerprint density at radius 2 is 1.70 bits per heavy atom. The van der Waals surface area contributed by atoms with Crippen LogP contribution in [0.25, 0.3) is 0 Å². The second-order valence-corrected chi connectivity index (χ2v) is 5.08. The first-order valence-electron chi connectivity index (χ1n) is 6.86. The number of hydrogen-bond acceptors (Lipinski definition) is 2. The van der Waals surface area contributed by atoms with Crippen molar-refractivity contribution in [2.24, 2.45) is 0 Å². The first-order valence-corrected chi connectivity index (χ1v) is 6.86. The Kier molecular flexibility index (Phi) is 4.79. The largest absolute Gasteiger partial charge is 0.476 e. The highest BCUT2D eigenvalue weighted by Crippen LogP contribution is 2.15. The summed E-state index contributed by atoms with van der Waals surface area (Å²) in [4.78, 5) is 0. The lowest BCUT2D eigenvalue weighted by atomic mass is 10.0. The molecule has 0 amide bonds. The maximum absolute atomic E-state index is 9.20. The van der Waals surface area contributed by atoms with Crippen molar-refractivity contribution < 1.29 is 4.74 Å². The maximum atomic E-state index is 9.20. The molecule has 0 aliphatic rings. The Bertz CT molecular complexity index is 578. The quantitative estimate of drug-likeness (QED) is 0.811. The SMILES string of the molecule is Cc1cc(C)cc(CCC(C#N)Oc2ccccc2)c1. The molecule has 0 bridgehead atoms. The molecule has 0 heterocycles. The van der Waals surface area contributed by atoms with Crippen LogP contribution in [0.2, 0.25) is 0 Å². The summed E-state index contributed by atoms with van der Waals surface area (Å²) in [5, 5.41) is 9.20. The summed E-state index contributed by atoms with van der Waals surface area (Å²) in [7, 11) is 0. The average Bonchev–Trinajstić information content (AvgIpc) is 2.43. The normalized spacial score (nSPS) is 11.7. The third-order valence-corrected chi connectivity index (χ3v) is 3.14. The Morgan fingerprint density at radius 1 is 1.05 bits per heavy atom. The predicted molar refractivity (Wildman–Crippen MR) is 80.7 cm³/mol. The molecule has 0 aliphatic heterocycles. The zero-order valence-electron chi connectivity index (χ0n) is 12.0. The number of nitrogens with zero attached hydrogens (tertiary/aromatic N) is 1. The van der Waals surface area contributed by atoms with Gasteiger partial charge in [-0.15, -0.1) is 0 Å². The van der Waals surface area contributed by atoms with Crippen LogP contribution in [0.4, 0.5) is 0 Å². The molecule has 0 spiro atoms. The summed E-state index contributed by atoms with van der Waals surface area (Å²) < 4.78 is 5.68. The fourth-order valence-electron chi connectivity index (χ4n) is 2.32. The minimum absolute atomic E-state index is 0.404. The number of hydrogen-bond donors (Lipinski definition) is 0. The van der Waals surface area contributed by atoms with Crippen molar-refractivity contribution in [1.29, 1.82) is 5.26 Å². The molecule has 0 saturated carbocycles. The molecular formula is C18H19NO. The van der Waals surface area contributed by atoms with Gasteiger partial charge in [0.15, 0.2) is 6.10 Å². The van der Waals surface area contributed by atoms with Crippen LogP contribution in [0.5, 0.6) is 5.75 Å². The summed E-state index contributed by atoms with van der Waals surface area (Å²) >= 11 is 0. The van der Waals surface area contributed by atoms with Gasteiger partial charge in [0.1, 0.15) is 11.8 Å². The molecule has 0 saturated heterocycles. The molecule has 2 aromatic rings. The Hall–Kier alpha value is -2.27. The van der Waals surface area contributed by atoms with Crippen molar-refractivity contribution in [1.82, 2.24) is 0 Å². The van der Waals surface area contributed by atoms with Gasteiger partial charge in [0.2, 0.25) is 0 Å². The van der Waals surface area contributed by atoms with Crippen molar-refractivity contribution in [3.8, 4) is 11.8 Å². The van der Waals surface area contributed by atoms with Gasteiger partial charge in [-0.05, 0) is 38.0 Å². The molecule has 0 aliphatic carbocycles. The predicted octanol–water partition coefficient (Wildman–Crippen LogP) is 4.21. The Morgan fingerprint density at radius 3 is 2.30 bits per heavy atom. The van der Waals surface area contributed by atoms with E-state index in [9.17, 15) is 5.26 Å². The van der Waals surface area contributed by atoms with Gasteiger partial charge in [-0.3, -0.25) is 0 Å². The van der Waals surface area contributed by atoms with Crippen molar-refractivity contribution in [3.05, 3.63) is 65.2 Å². The summed E-state index contributed by atoms with van der Waals surface area (Å²) in [6, 6.07) is 18.2. The number of nitriles is 1. The van der Waals surface area contributed by atoms with Gasteiger partial charge in [-0.2, -0.15) is 5.26 Å². The standard InChI is InChI=1S/C18H19NO/c1-14-10-15(2)12-16(11-14)8-9-18(13-19)20-17-6-4-3-5-7-17/h3-7,10-12,18H,8-9H2,1-2H3. The van der Waals surface area contributed by atoms with Crippen LogP contribution >= 0.6 is 0 Å². The second kappa shape index (κ2) is 6.77. The Balaban J connectivity index is 1.96. The van der Waals surface area contributed by atoms with Crippen molar-refractivity contribution >= 4 is 0 Å². The van der Waals surface area contributed by atoms with Crippen molar-refractivity contribution in [2.45, 2.75) is 32.8 Å². The third-order valence-electron chi connectivity index (χ3n) is 3.14. The molecule has 0 N–H and O–H groups in total. The van der Waals surface area contributed by atoms with Gasteiger partial charge in [0.25, 0.3) is 0 Å². The molecule has 2 aromatic carbocycles. The molecule has 102 valence electrons. The summed E-state index contributed by atoms with van der Waals surface area (Å²) in [5.41, 5.74) is 3.79. The number of aryl methyl sites for hydroxylation is 3. The van der Waals surface area contributed by atoms with Crippen LogP contribution in [-0.2, 0) is 6.42 Å². The molecule has 2 nitrogen and oxygen atoms in total. The summed E-state index contributed by atoms with van der Waals surface area (Å²) in [5.74, 6) is 0.750. The lowest BCUT2D eigenvalue weighted by molar-refractivity contribution is 0.245. The zero-order chi connectivity index (χ0) is 14.4. The molecule has 2 heteroatoms. The number of para-hydroxylation sites is 1. The molecule has 2 rings (SSSR count). The zero-order valence-corrected chi connectivity index (χ0v) is 12.0. The van der Waals surface area contributed by atoms with Crippen molar-refractivity contribution in [3.63, 3.8) is 0 Å². The minimum atomic E-state index is -0.404. The highest BCUT2D eigenvalue weighted by Gasteiger charge is 2.09. The highest BCUT2D eigenvalue weighted by molar-refractivity contribution is 5.29. The van der Waals surface area contributed by atoms with Crippen LogP contribution < -0.4 is 4.74 Å². The molecule has 0 aromatic heterocycles. The first-order chi connectivity index (χ1) is 9.67. The van der Waals surface area contributed by atoms with Gasteiger partial charge in [-0.25, -0.2) is 0 Å². The summed E-state index contributed by atoms with van der Waals surface area (Å²) in [6.45, 7) is 4.19.